The van der Waals surface area contributed by atoms with Crippen molar-refractivity contribution in [2.45, 2.75) is 13.8 Å². The highest BCUT2D eigenvalue weighted by Crippen LogP contribution is 2.31. The van der Waals surface area contributed by atoms with Crippen LogP contribution in [0.25, 0.3) is 0 Å². The largest absolute Gasteiger partial charge is 0.495 e. The summed E-state index contributed by atoms with van der Waals surface area (Å²) in [4.78, 5) is 23.9. The minimum atomic E-state index is -0.683. The van der Waals surface area contributed by atoms with E-state index in [0.717, 1.165) is 5.56 Å². The predicted octanol–water partition coefficient (Wildman–Crippen LogP) is 2.51. The van der Waals surface area contributed by atoms with Gasteiger partial charge in [-0.15, -0.1) is 0 Å². The number of benzene rings is 1. The zero-order valence-corrected chi connectivity index (χ0v) is 12.9. The number of anilines is 1. The van der Waals surface area contributed by atoms with Crippen molar-refractivity contribution in [3.63, 3.8) is 0 Å². The smallest absolute Gasteiger partial charge is 0.370 e. The minimum absolute atomic E-state index is 0.0350. The topological polar surface area (TPSA) is 73.5 Å². The maximum absolute atomic E-state index is 12.3. The average molecular weight is 311 g/mol. The Morgan fingerprint density at radius 1 is 1.38 bits per heavy atom. The van der Waals surface area contributed by atoms with Crippen LogP contribution in [0.15, 0.2) is 21.5 Å². The normalized spacial score (nSPS) is 10.5. The van der Waals surface area contributed by atoms with Gasteiger partial charge in [-0.05, 0) is 25.5 Å². The lowest BCUT2D eigenvalue weighted by Gasteiger charge is -2.11. The van der Waals surface area contributed by atoms with Gasteiger partial charge in [-0.1, -0.05) is 11.6 Å². The van der Waals surface area contributed by atoms with Crippen molar-refractivity contribution in [1.82, 2.24) is 4.74 Å². The molecule has 1 amide bonds. The van der Waals surface area contributed by atoms with Crippen LogP contribution in [0.5, 0.6) is 5.75 Å². The molecule has 112 valence electrons. The number of amides is 1. The number of aromatic nitrogens is 1. The number of methoxy groups -OCH3 is 1. The lowest BCUT2D eigenvalue weighted by atomic mass is 10.2. The van der Waals surface area contributed by atoms with Crippen LogP contribution in [0.4, 0.5) is 5.69 Å². The average Bonchev–Trinajstić information content (AvgIpc) is 2.67. The van der Waals surface area contributed by atoms with Crippen molar-refractivity contribution in [3.8, 4) is 5.75 Å². The van der Waals surface area contributed by atoms with E-state index in [1.807, 2.05) is 0 Å². The second kappa shape index (κ2) is 5.65. The summed E-state index contributed by atoms with van der Waals surface area (Å²) < 4.78 is 11.3. The molecule has 0 unspecified atom stereocenters. The number of halogens is 1. The number of carbonyl (C=O) groups is 1. The summed E-state index contributed by atoms with van der Waals surface area (Å²) in [6.07, 6.45) is 0. The molecule has 7 heteroatoms. The van der Waals surface area contributed by atoms with Crippen LogP contribution < -0.4 is 15.7 Å². The number of carbonyl (C=O) groups excluding carboxylic acids is 1. The van der Waals surface area contributed by atoms with Gasteiger partial charge >= 0.3 is 5.63 Å². The summed E-state index contributed by atoms with van der Waals surface area (Å²) in [6, 6.07) is 3.28. The molecule has 21 heavy (non-hydrogen) atoms. The van der Waals surface area contributed by atoms with Crippen LogP contribution in [-0.4, -0.2) is 17.8 Å². The lowest BCUT2D eigenvalue weighted by molar-refractivity contribution is 0.102. The standard InChI is InChI=1S/C14H15ClN2O4/c1-7-5-10(11(20-4)6-9(7)15)16-13(18)12-8(2)17(3)21-14(12)19/h5-6H,1-4H3,(H,16,18). The molecule has 0 saturated carbocycles. The van der Waals surface area contributed by atoms with E-state index in [1.54, 1.807) is 33.0 Å². The molecule has 0 aliphatic rings. The molecule has 6 nitrogen and oxygen atoms in total. The SMILES string of the molecule is COc1cc(Cl)c(C)cc1NC(=O)c1c(C)n(C)oc1=O. The van der Waals surface area contributed by atoms with Crippen molar-refractivity contribution in [3.05, 3.63) is 44.4 Å². The highest BCUT2D eigenvalue weighted by atomic mass is 35.5. The lowest BCUT2D eigenvalue weighted by Crippen LogP contribution is -2.19. The quantitative estimate of drug-likeness (QED) is 0.945. The van der Waals surface area contributed by atoms with Crippen LogP contribution in [0.3, 0.4) is 0 Å². The highest BCUT2D eigenvalue weighted by Gasteiger charge is 2.21. The summed E-state index contributed by atoms with van der Waals surface area (Å²) in [6.45, 7) is 3.43. The number of ether oxygens (including phenoxy) is 1. The second-order valence-electron chi connectivity index (χ2n) is 4.59. The molecule has 0 aliphatic carbocycles. The van der Waals surface area contributed by atoms with Crippen LogP contribution >= 0.6 is 11.6 Å². The Kier molecular flexibility index (Phi) is 4.09. The molecular weight excluding hydrogens is 296 g/mol. The van der Waals surface area contributed by atoms with Gasteiger partial charge < -0.3 is 14.6 Å². The Labute approximate surface area is 126 Å². The maximum atomic E-state index is 12.3. The van der Waals surface area contributed by atoms with Gasteiger partial charge in [0.1, 0.15) is 11.3 Å². The van der Waals surface area contributed by atoms with Gasteiger partial charge in [-0.2, -0.15) is 0 Å². The van der Waals surface area contributed by atoms with Crippen molar-refractivity contribution >= 4 is 23.2 Å². The summed E-state index contributed by atoms with van der Waals surface area (Å²) in [5.41, 5.74) is 0.947. The Hall–Kier alpha value is -2.21. The number of nitrogens with zero attached hydrogens (tertiary/aromatic N) is 1. The fourth-order valence-electron chi connectivity index (χ4n) is 1.92. The van der Waals surface area contributed by atoms with Gasteiger partial charge in [0.25, 0.3) is 5.91 Å². The minimum Gasteiger partial charge on any atom is -0.495 e. The summed E-state index contributed by atoms with van der Waals surface area (Å²) in [7, 11) is 3.03. The number of nitrogens with one attached hydrogen (secondary N) is 1. The Morgan fingerprint density at radius 2 is 2.05 bits per heavy atom. The molecule has 1 aromatic heterocycles. The fourth-order valence-corrected chi connectivity index (χ4v) is 2.07. The zero-order valence-electron chi connectivity index (χ0n) is 12.1. The van der Waals surface area contributed by atoms with Gasteiger partial charge in [0, 0.05) is 18.1 Å². The Morgan fingerprint density at radius 3 is 2.57 bits per heavy atom. The van der Waals surface area contributed by atoms with Gasteiger partial charge in [0.05, 0.1) is 18.5 Å². The molecule has 1 N–H and O–H groups in total. The number of rotatable bonds is 3. The number of hydrogen-bond donors (Lipinski definition) is 1. The van der Waals surface area contributed by atoms with Crippen LogP contribution in [-0.2, 0) is 7.05 Å². The molecular formula is C14H15ClN2O4. The van der Waals surface area contributed by atoms with Crippen LogP contribution in [0.1, 0.15) is 21.6 Å². The van der Waals surface area contributed by atoms with E-state index in [1.165, 1.54) is 11.8 Å². The zero-order chi connectivity index (χ0) is 15.7. The van der Waals surface area contributed by atoms with Crippen molar-refractivity contribution in [1.29, 1.82) is 0 Å². The van der Waals surface area contributed by atoms with Gasteiger partial charge in [0.15, 0.2) is 0 Å². The van der Waals surface area contributed by atoms with E-state index < -0.39 is 11.5 Å². The van der Waals surface area contributed by atoms with Crippen LogP contribution in [0, 0.1) is 13.8 Å². The maximum Gasteiger partial charge on any atom is 0.370 e. The highest BCUT2D eigenvalue weighted by molar-refractivity contribution is 6.31. The first-order chi connectivity index (χ1) is 9.85. The van der Waals surface area contributed by atoms with E-state index in [0.29, 0.717) is 22.2 Å². The molecule has 1 aromatic carbocycles. The molecule has 2 aromatic rings. The van der Waals surface area contributed by atoms with E-state index in [-0.39, 0.29) is 5.56 Å². The van der Waals surface area contributed by atoms with Crippen LogP contribution in [0.2, 0.25) is 5.02 Å². The first-order valence-electron chi connectivity index (χ1n) is 6.17. The molecule has 1 heterocycles. The van der Waals surface area contributed by atoms with Gasteiger partial charge in [-0.25, -0.2) is 9.53 Å². The van der Waals surface area contributed by atoms with Gasteiger partial charge in [-0.3, -0.25) is 4.79 Å². The van der Waals surface area contributed by atoms with Gasteiger partial charge in [0.2, 0.25) is 0 Å². The fraction of sp³-hybridized carbons (Fsp3) is 0.286. The summed E-state index contributed by atoms with van der Waals surface area (Å²) >= 11 is 6.01. The third-order valence-corrected chi connectivity index (χ3v) is 3.62. The molecule has 2 rings (SSSR count). The Balaban J connectivity index is 2.40. The molecule has 0 atom stereocenters. The third kappa shape index (κ3) is 2.80. The molecule has 0 spiro atoms. The molecule has 0 saturated heterocycles. The van der Waals surface area contributed by atoms with E-state index >= 15 is 0 Å². The van der Waals surface area contributed by atoms with E-state index in [2.05, 4.69) is 5.32 Å². The second-order valence-corrected chi connectivity index (χ2v) is 5.00. The van der Waals surface area contributed by atoms with Crippen molar-refractivity contribution in [2.75, 3.05) is 12.4 Å². The van der Waals surface area contributed by atoms with Crippen molar-refractivity contribution in [2.24, 2.45) is 7.05 Å². The molecule has 0 fully saturated rings. The Bertz CT molecular complexity index is 761. The van der Waals surface area contributed by atoms with E-state index in [9.17, 15) is 9.59 Å². The summed E-state index contributed by atoms with van der Waals surface area (Å²) in [5, 5.41) is 3.17. The number of aryl methyl sites for hydroxylation is 2. The molecule has 0 aliphatic heterocycles. The first-order valence-corrected chi connectivity index (χ1v) is 6.55. The first kappa shape index (κ1) is 15.2. The third-order valence-electron chi connectivity index (χ3n) is 3.21. The monoisotopic (exact) mass is 310 g/mol. The number of hydrogen-bond acceptors (Lipinski definition) is 4. The summed E-state index contributed by atoms with van der Waals surface area (Å²) in [5.74, 6) is -0.140. The molecule has 0 bridgehead atoms. The van der Waals surface area contributed by atoms with Crippen molar-refractivity contribution < 1.29 is 14.1 Å². The molecule has 0 radical (unpaired) electrons. The van der Waals surface area contributed by atoms with E-state index in [4.69, 9.17) is 20.9 Å². The predicted molar refractivity (Wildman–Crippen MR) is 79.4 cm³/mol.